The van der Waals surface area contributed by atoms with E-state index in [1.807, 2.05) is 18.2 Å². The second kappa shape index (κ2) is 4.27. The Bertz CT molecular complexity index is 492. The number of hydrogen-bond donors (Lipinski definition) is 1. The summed E-state index contributed by atoms with van der Waals surface area (Å²) in [7, 11) is 0. The largest absolute Gasteiger partial charge is 0.394 e. The molecule has 0 aliphatic carbocycles. The predicted octanol–water partition coefficient (Wildman–Crippen LogP) is 2.50. The Morgan fingerprint density at radius 3 is 3.06 bits per heavy atom. The normalized spacial score (nSPS) is 24.7. The Morgan fingerprint density at radius 1 is 1.47 bits per heavy atom. The monoisotopic (exact) mass is 248 g/mol. The van der Waals surface area contributed by atoms with Crippen LogP contribution in [0.4, 0.5) is 5.13 Å². The number of anilines is 1. The lowest BCUT2D eigenvalue weighted by Crippen LogP contribution is -2.35. The summed E-state index contributed by atoms with van der Waals surface area (Å²) in [5, 5.41) is 10.5. The molecular weight excluding hydrogens is 232 g/mol. The zero-order valence-electron chi connectivity index (χ0n) is 9.84. The molecular formula is C13H16N2OS. The van der Waals surface area contributed by atoms with Crippen LogP contribution in [0.25, 0.3) is 10.2 Å². The van der Waals surface area contributed by atoms with Crippen LogP contribution < -0.4 is 4.90 Å². The van der Waals surface area contributed by atoms with Gasteiger partial charge in [0.05, 0.1) is 22.9 Å². The van der Waals surface area contributed by atoms with E-state index < -0.39 is 0 Å². The summed E-state index contributed by atoms with van der Waals surface area (Å²) >= 11 is 1.72. The van der Waals surface area contributed by atoms with Crippen molar-refractivity contribution in [2.24, 2.45) is 5.92 Å². The van der Waals surface area contributed by atoms with Gasteiger partial charge in [-0.1, -0.05) is 30.4 Å². The summed E-state index contributed by atoms with van der Waals surface area (Å²) in [5.74, 6) is 0.548. The lowest BCUT2D eigenvalue weighted by Gasteiger charge is -2.24. The molecule has 3 nitrogen and oxygen atoms in total. The predicted molar refractivity (Wildman–Crippen MR) is 71.6 cm³/mol. The number of hydrogen-bond acceptors (Lipinski definition) is 4. The highest BCUT2D eigenvalue weighted by Gasteiger charge is 2.32. The quantitative estimate of drug-likeness (QED) is 0.887. The summed E-state index contributed by atoms with van der Waals surface area (Å²) in [6.45, 7) is 3.43. The lowest BCUT2D eigenvalue weighted by atomic mass is 10.0. The van der Waals surface area contributed by atoms with Gasteiger partial charge in [0.1, 0.15) is 0 Å². The van der Waals surface area contributed by atoms with Gasteiger partial charge in [0, 0.05) is 6.54 Å². The van der Waals surface area contributed by atoms with E-state index in [1.54, 1.807) is 11.3 Å². The van der Waals surface area contributed by atoms with E-state index in [0.29, 0.717) is 5.92 Å². The lowest BCUT2D eigenvalue weighted by molar-refractivity contribution is 0.244. The van der Waals surface area contributed by atoms with E-state index in [2.05, 4.69) is 22.9 Å². The third-order valence-corrected chi connectivity index (χ3v) is 4.67. The first-order chi connectivity index (χ1) is 8.29. The molecule has 0 spiro atoms. The first kappa shape index (κ1) is 11.0. The second-order valence-corrected chi connectivity index (χ2v) is 5.68. The highest BCUT2D eigenvalue weighted by Crippen LogP contribution is 2.34. The number of rotatable bonds is 2. The van der Waals surface area contributed by atoms with Gasteiger partial charge in [-0.2, -0.15) is 0 Å². The minimum Gasteiger partial charge on any atom is -0.394 e. The van der Waals surface area contributed by atoms with Crippen molar-refractivity contribution in [3.05, 3.63) is 24.3 Å². The number of nitrogens with zero attached hydrogens (tertiary/aromatic N) is 2. The molecule has 0 radical (unpaired) electrons. The molecule has 1 aromatic carbocycles. The number of aliphatic hydroxyl groups excluding tert-OH is 1. The van der Waals surface area contributed by atoms with Crippen molar-refractivity contribution in [2.75, 3.05) is 18.1 Å². The molecule has 1 aromatic heterocycles. The molecule has 0 amide bonds. The molecule has 2 aromatic rings. The highest BCUT2D eigenvalue weighted by atomic mass is 32.1. The maximum atomic E-state index is 9.48. The summed E-state index contributed by atoms with van der Waals surface area (Å²) in [6, 6.07) is 8.44. The average Bonchev–Trinajstić information content (AvgIpc) is 2.91. The van der Waals surface area contributed by atoms with E-state index in [1.165, 1.54) is 4.70 Å². The van der Waals surface area contributed by atoms with E-state index >= 15 is 0 Å². The number of aromatic nitrogens is 1. The van der Waals surface area contributed by atoms with Gasteiger partial charge < -0.3 is 10.0 Å². The number of thiazole rings is 1. The first-order valence-corrected chi connectivity index (χ1v) is 6.84. The molecule has 0 saturated carbocycles. The maximum absolute atomic E-state index is 9.48. The minimum absolute atomic E-state index is 0.219. The van der Waals surface area contributed by atoms with E-state index in [4.69, 9.17) is 0 Å². The molecule has 1 aliphatic heterocycles. The number of fused-ring (bicyclic) bond motifs is 1. The van der Waals surface area contributed by atoms with Crippen molar-refractivity contribution in [3.8, 4) is 0 Å². The molecule has 0 bridgehead atoms. The molecule has 17 heavy (non-hydrogen) atoms. The van der Waals surface area contributed by atoms with Crippen LogP contribution in [-0.2, 0) is 0 Å². The average molecular weight is 248 g/mol. The summed E-state index contributed by atoms with van der Waals surface area (Å²) in [6.07, 6.45) is 1.14. The highest BCUT2D eigenvalue weighted by molar-refractivity contribution is 7.22. The van der Waals surface area contributed by atoms with Crippen molar-refractivity contribution in [1.82, 2.24) is 4.98 Å². The summed E-state index contributed by atoms with van der Waals surface area (Å²) in [4.78, 5) is 6.92. The Labute approximate surface area is 105 Å². The Morgan fingerprint density at radius 2 is 2.29 bits per heavy atom. The Hall–Kier alpha value is -1.13. The van der Waals surface area contributed by atoms with Gasteiger partial charge in [-0.25, -0.2) is 4.98 Å². The number of aliphatic hydroxyl groups is 1. The Balaban J connectivity index is 1.98. The second-order valence-electron chi connectivity index (χ2n) is 4.67. The maximum Gasteiger partial charge on any atom is 0.186 e. The van der Waals surface area contributed by atoms with Crippen LogP contribution in [0.3, 0.4) is 0 Å². The van der Waals surface area contributed by atoms with Crippen LogP contribution in [-0.4, -0.2) is 29.3 Å². The number of para-hydroxylation sites is 1. The molecule has 1 fully saturated rings. The molecule has 2 heterocycles. The van der Waals surface area contributed by atoms with Gasteiger partial charge in [-0.15, -0.1) is 0 Å². The summed E-state index contributed by atoms with van der Waals surface area (Å²) < 4.78 is 1.22. The van der Waals surface area contributed by atoms with Crippen LogP contribution >= 0.6 is 11.3 Å². The van der Waals surface area contributed by atoms with Gasteiger partial charge in [0.15, 0.2) is 5.13 Å². The number of benzene rings is 1. The van der Waals surface area contributed by atoms with Crippen LogP contribution in [0.1, 0.15) is 13.3 Å². The van der Waals surface area contributed by atoms with Gasteiger partial charge in [-0.05, 0) is 24.5 Å². The van der Waals surface area contributed by atoms with E-state index in [0.717, 1.165) is 23.6 Å². The molecule has 2 unspecified atom stereocenters. The zero-order chi connectivity index (χ0) is 11.8. The molecule has 90 valence electrons. The van der Waals surface area contributed by atoms with Crippen molar-refractivity contribution >= 4 is 26.7 Å². The molecule has 1 aliphatic rings. The summed E-state index contributed by atoms with van der Waals surface area (Å²) in [5.41, 5.74) is 1.06. The van der Waals surface area contributed by atoms with Gasteiger partial charge in [-0.3, -0.25) is 0 Å². The first-order valence-electron chi connectivity index (χ1n) is 6.02. The third kappa shape index (κ3) is 1.81. The van der Waals surface area contributed by atoms with Crippen LogP contribution in [0, 0.1) is 5.92 Å². The van der Waals surface area contributed by atoms with Gasteiger partial charge in [0.2, 0.25) is 0 Å². The molecule has 3 rings (SSSR count). The van der Waals surface area contributed by atoms with Crippen molar-refractivity contribution in [1.29, 1.82) is 0 Å². The van der Waals surface area contributed by atoms with Gasteiger partial charge >= 0.3 is 0 Å². The topological polar surface area (TPSA) is 36.4 Å². The molecule has 1 N–H and O–H groups in total. The molecule has 4 heteroatoms. The fraction of sp³-hybridized carbons (Fsp3) is 0.462. The fourth-order valence-corrected chi connectivity index (χ4v) is 3.56. The van der Waals surface area contributed by atoms with Crippen LogP contribution in [0.5, 0.6) is 0 Å². The third-order valence-electron chi connectivity index (χ3n) is 3.60. The molecule has 1 saturated heterocycles. The fourth-order valence-electron chi connectivity index (χ4n) is 2.51. The van der Waals surface area contributed by atoms with Crippen LogP contribution in [0.2, 0.25) is 0 Å². The Kier molecular flexibility index (Phi) is 2.76. The van der Waals surface area contributed by atoms with E-state index in [9.17, 15) is 5.11 Å². The molecule has 2 atom stereocenters. The van der Waals surface area contributed by atoms with Crippen LogP contribution in [0.15, 0.2) is 24.3 Å². The zero-order valence-corrected chi connectivity index (χ0v) is 10.7. The van der Waals surface area contributed by atoms with Gasteiger partial charge in [0.25, 0.3) is 0 Å². The van der Waals surface area contributed by atoms with Crippen molar-refractivity contribution in [2.45, 2.75) is 19.4 Å². The van der Waals surface area contributed by atoms with Crippen molar-refractivity contribution < 1.29 is 5.11 Å². The van der Waals surface area contributed by atoms with E-state index in [-0.39, 0.29) is 12.6 Å². The van der Waals surface area contributed by atoms with Crippen molar-refractivity contribution in [3.63, 3.8) is 0 Å². The SMILES string of the molecule is CC1CCN(c2nc3ccccc3s2)C1CO. The minimum atomic E-state index is 0.219. The standard InChI is InChI=1S/C13H16N2OS/c1-9-6-7-15(11(9)8-16)13-14-10-4-2-3-5-12(10)17-13/h2-5,9,11,16H,6-8H2,1H3. The smallest absolute Gasteiger partial charge is 0.186 e.